The number of hydrogen-bond acceptors (Lipinski definition) is 8. The molecule has 0 saturated carbocycles. The van der Waals surface area contributed by atoms with Gasteiger partial charge in [0, 0.05) is 26.9 Å². The third kappa shape index (κ3) is 3.70. The number of carbonyl (C=O) groups is 1. The number of nitrogens with zero attached hydrogens (tertiary/aromatic N) is 5. The minimum absolute atomic E-state index is 0.180. The van der Waals surface area contributed by atoms with Crippen molar-refractivity contribution in [2.24, 2.45) is 0 Å². The Bertz CT molecular complexity index is 1240. The normalized spacial score (nSPS) is 11.3. The van der Waals surface area contributed by atoms with Gasteiger partial charge in [-0.1, -0.05) is 27.7 Å². The average Bonchev–Trinajstić information content (AvgIpc) is 3.35. The zero-order valence-corrected chi connectivity index (χ0v) is 19.0. The van der Waals surface area contributed by atoms with Gasteiger partial charge < -0.3 is 15.0 Å². The summed E-state index contributed by atoms with van der Waals surface area (Å²) in [5.41, 5.74) is 3.08. The number of furan rings is 1. The van der Waals surface area contributed by atoms with Crippen LogP contribution < -0.4 is 5.84 Å². The van der Waals surface area contributed by atoms with Crippen LogP contribution in [0.2, 0.25) is 0 Å². The molecule has 0 fully saturated rings. The van der Waals surface area contributed by atoms with Gasteiger partial charge in [-0.25, -0.2) is 14.2 Å². The summed E-state index contributed by atoms with van der Waals surface area (Å²) in [5, 5.41) is 14.1. The van der Waals surface area contributed by atoms with Crippen LogP contribution in [0.5, 0.6) is 0 Å². The number of hydrogen-bond donors (Lipinski definition) is 1. The van der Waals surface area contributed by atoms with Crippen LogP contribution in [0.3, 0.4) is 0 Å². The molecule has 0 aliphatic carbocycles. The number of ether oxygens (including phenoxy) is 1. The fourth-order valence-electron chi connectivity index (χ4n) is 3.11. The van der Waals surface area contributed by atoms with E-state index >= 15 is 0 Å². The predicted molar refractivity (Wildman–Crippen MR) is 116 cm³/mol. The van der Waals surface area contributed by atoms with Crippen LogP contribution >= 0.6 is 27.7 Å². The lowest BCUT2D eigenvalue weighted by molar-refractivity contribution is 0.0491. The second kappa shape index (κ2) is 8.15. The summed E-state index contributed by atoms with van der Waals surface area (Å²) in [6.45, 7) is 5.83. The minimum atomic E-state index is -0.502. The highest BCUT2D eigenvalue weighted by Gasteiger charge is 2.23. The van der Waals surface area contributed by atoms with Crippen molar-refractivity contribution in [1.29, 1.82) is 0 Å². The molecule has 0 amide bonds. The molecule has 0 aliphatic heterocycles. The lowest BCUT2D eigenvalue weighted by atomic mass is 10.1. The zero-order chi connectivity index (χ0) is 21.4. The van der Waals surface area contributed by atoms with Crippen LogP contribution in [0, 0.1) is 13.8 Å². The zero-order valence-electron chi connectivity index (χ0n) is 16.5. The molecule has 0 saturated heterocycles. The van der Waals surface area contributed by atoms with Crippen LogP contribution in [0.4, 0.5) is 0 Å². The molecule has 9 nitrogen and oxygen atoms in total. The van der Waals surface area contributed by atoms with Gasteiger partial charge >= 0.3 is 5.97 Å². The van der Waals surface area contributed by atoms with Gasteiger partial charge in [-0.2, -0.15) is 5.10 Å². The second-order valence-corrected chi connectivity index (χ2v) is 8.41. The number of rotatable bonds is 6. The lowest BCUT2D eigenvalue weighted by Gasteiger charge is -2.05. The van der Waals surface area contributed by atoms with Crippen LogP contribution in [-0.4, -0.2) is 37.2 Å². The summed E-state index contributed by atoms with van der Waals surface area (Å²) >= 11 is 4.81. The Morgan fingerprint density at radius 1 is 1.30 bits per heavy atom. The van der Waals surface area contributed by atoms with E-state index in [0.29, 0.717) is 28.0 Å². The molecule has 0 bridgehead atoms. The Morgan fingerprint density at radius 2 is 2.10 bits per heavy atom. The maximum atomic E-state index is 12.4. The first-order valence-corrected chi connectivity index (χ1v) is 10.9. The van der Waals surface area contributed by atoms with Gasteiger partial charge in [-0.15, -0.1) is 10.2 Å². The molecule has 0 spiro atoms. The first kappa shape index (κ1) is 20.5. The van der Waals surface area contributed by atoms with Crippen molar-refractivity contribution in [2.75, 3.05) is 12.4 Å². The van der Waals surface area contributed by atoms with Gasteiger partial charge in [-0.05, 0) is 45.0 Å². The summed E-state index contributed by atoms with van der Waals surface area (Å²) in [7, 11) is 0. The Morgan fingerprint density at radius 3 is 2.80 bits per heavy atom. The molecule has 0 aliphatic rings. The van der Waals surface area contributed by atoms with Crippen LogP contribution in [-0.2, 0) is 10.5 Å². The summed E-state index contributed by atoms with van der Waals surface area (Å²) < 4.78 is 14.8. The van der Waals surface area contributed by atoms with Crippen molar-refractivity contribution in [3.8, 4) is 5.95 Å². The molecule has 3 aromatic heterocycles. The summed E-state index contributed by atoms with van der Waals surface area (Å²) in [5.74, 6) is 6.70. The highest BCUT2D eigenvalue weighted by Crippen LogP contribution is 2.33. The Hall–Kier alpha value is -2.79. The van der Waals surface area contributed by atoms with Gasteiger partial charge in [0.1, 0.15) is 5.58 Å². The van der Waals surface area contributed by atoms with Crippen molar-refractivity contribution >= 4 is 44.6 Å². The number of fused-ring (bicyclic) bond motifs is 1. The Balaban J connectivity index is 1.67. The summed E-state index contributed by atoms with van der Waals surface area (Å²) in [4.78, 5) is 12.4. The molecule has 4 rings (SSSR count). The number of esters is 1. The molecule has 4 aromatic rings. The molecular formula is C19H19BrN6O3S. The third-order valence-electron chi connectivity index (χ3n) is 4.40. The number of benzene rings is 1. The van der Waals surface area contributed by atoms with E-state index in [1.807, 2.05) is 38.1 Å². The minimum Gasteiger partial charge on any atom is -0.460 e. The first-order valence-electron chi connectivity index (χ1n) is 9.14. The summed E-state index contributed by atoms with van der Waals surface area (Å²) in [6.07, 6.45) is 0. The highest BCUT2D eigenvalue weighted by molar-refractivity contribution is 9.10. The molecule has 0 radical (unpaired) electrons. The van der Waals surface area contributed by atoms with Gasteiger partial charge in [0.2, 0.25) is 10.9 Å². The van der Waals surface area contributed by atoms with Gasteiger partial charge in [0.25, 0.3) is 5.95 Å². The second-order valence-electron chi connectivity index (χ2n) is 6.55. The Labute approximate surface area is 184 Å². The highest BCUT2D eigenvalue weighted by atomic mass is 79.9. The third-order valence-corrected chi connectivity index (χ3v) is 5.87. The van der Waals surface area contributed by atoms with E-state index in [4.69, 9.17) is 15.0 Å². The van der Waals surface area contributed by atoms with Crippen LogP contribution in [0.25, 0.3) is 16.9 Å². The molecule has 0 atom stereocenters. The molecular weight excluding hydrogens is 472 g/mol. The SMILES string of the molecule is CCOC(=O)c1oc2ccc(Br)cc2c1CSc1nnc(-n2nc(C)cc2C)n1N. The fourth-order valence-corrected chi connectivity index (χ4v) is 4.35. The number of carbonyl (C=O) groups excluding carboxylic acids is 1. The average molecular weight is 491 g/mol. The number of nitrogens with two attached hydrogens (primary N) is 1. The quantitative estimate of drug-likeness (QED) is 0.246. The number of nitrogen functional groups attached to an aromatic ring is 1. The predicted octanol–water partition coefficient (Wildman–Crippen LogP) is 3.77. The Kier molecular flexibility index (Phi) is 5.56. The van der Waals surface area contributed by atoms with Gasteiger partial charge in [0.15, 0.2) is 0 Å². The van der Waals surface area contributed by atoms with Crippen molar-refractivity contribution in [3.05, 3.63) is 51.4 Å². The van der Waals surface area contributed by atoms with Gasteiger partial charge in [0.05, 0.1) is 12.3 Å². The molecule has 2 N–H and O–H groups in total. The van der Waals surface area contributed by atoms with E-state index in [-0.39, 0.29) is 12.4 Å². The fraction of sp³-hybridized carbons (Fsp3) is 0.263. The van der Waals surface area contributed by atoms with E-state index in [0.717, 1.165) is 21.2 Å². The summed E-state index contributed by atoms with van der Waals surface area (Å²) in [6, 6.07) is 7.51. The van der Waals surface area contributed by atoms with Crippen LogP contribution in [0.15, 0.2) is 38.3 Å². The van der Waals surface area contributed by atoms with E-state index < -0.39 is 5.97 Å². The standard InChI is InChI=1S/C19H19BrN6O3S/c1-4-28-17(27)16-14(13-8-12(20)5-6-15(13)29-16)9-30-19-23-22-18(25(19)21)26-11(3)7-10(2)24-26/h5-8H,4,9,21H2,1-3H3. The van der Waals surface area contributed by atoms with E-state index in [9.17, 15) is 4.79 Å². The first-order chi connectivity index (χ1) is 14.4. The molecule has 30 heavy (non-hydrogen) atoms. The maximum absolute atomic E-state index is 12.4. The molecule has 3 heterocycles. The van der Waals surface area contributed by atoms with E-state index in [1.165, 1.54) is 16.4 Å². The number of thioether (sulfide) groups is 1. The maximum Gasteiger partial charge on any atom is 0.374 e. The van der Waals surface area contributed by atoms with E-state index in [2.05, 4.69) is 31.2 Å². The number of aryl methyl sites for hydroxylation is 2. The van der Waals surface area contributed by atoms with Crippen molar-refractivity contribution < 1.29 is 13.9 Å². The van der Waals surface area contributed by atoms with Crippen molar-refractivity contribution in [1.82, 2.24) is 24.7 Å². The topological polar surface area (TPSA) is 114 Å². The van der Waals surface area contributed by atoms with Gasteiger partial charge in [-0.3, -0.25) is 0 Å². The number of aromatic nitrogens is 5. The van der Waals surface area contributed by atoms with E-state index in [1.54, 1.807) is 11.6 Å². The largest absolute Gasteiger partial charge is 0.460 e. The molecule has 0 unspecified atom stereocenters. The van der Waals surface area contributed by atoms with Crippen molar-refractivity contribution in [3.63, 3.8) is 0 Å². The van der Waals surface area contributed by atoms with Crippen molar-refractivity contribution in [2.45, 2.75) is 31.7 Å². The lowest BCUT2D eigenvalue weighted by Crippen LogP contribution is -2.17. The molecule has 11 heteroatoms. The molecule has 1 aromatic carbocycles. The van der Waals surface area contributed by atoms with Crippen LogP contribution in [0.1, 0.15) is 34.4 Å². The number of halogens is 1. The monoisotopic (exact) mass is 490 g/mol. The smallest absolute Gasteiger partial charge is 0.374 e. The molecule has 156 valence electrons.